The fourth-order valence-corrected chi connectivity index (χ4v) is 4.58. The molecule has 4 unspecified atom stereocenters. The summed E-state index contributed by atoms with van der Waals surface area (Å²) < 4.78 is 0. The van der Waals surface area contributed by atoms with E-state index < -0.39 is 36.9 Å². The van der Waals surface area contributed by atoms with Crippen LogP contribution in [-0.2, 0) is 4.79 Å². The highest BCUT2D eigenvalue weighted by atomic mass is 16.3. The predicted molar refractivity (Wildman–Crippen MR) is 145 cm³/mol. The van der Waals surface area contributed by atoms with Crippen molar-refractivity contribution in [2.45, 2.75) is 173 Å². The van der Waals surface area contributed by atoms with Crippen LogP contribution >= 0.6 is 0 Å². The second kappa shape index (κ2) is 25.0. The highest BCUT2D eigenvalue weighted by molar-refractivity contribution is 5.80. The lowest BCUT2D eigenvalue weighted by Crippen LogP contribution is -2.53. The van der Waals surface area contributed by atoms with Crippen molar-refractivity contribution in [3.05, 3.63) is 0 Å². The maximum absolute atomic E-state index is 12.3. The molecule has 35 heavy (non-hydrogen) atoms. The molecule has 0 heterocycles. The normalized spacial score (nSPS) is 15.0. The van der Waals surface area contributed by atoms with Crippen LogP contribution in [0.2, 0.25) is 0 Å². The molecule has 0 rings (SSSR count). The molecule has 0 aliphatic heterocycles. The van der Waals surface area contributed by atoms with E-state index in [0.717, 1.165) is 51.4 Å². The van der Waals surface area contributed by atoms with Crippen LogP contribution in [0.25, 0.3) is 0 Å². The van der Waals surface area contributed by atoms with Crippen LogP contribution in [0.4, 0.5) is 0 Å². The third-order valence-corrected chi connectivity index (χ3v) is 7.07. The number of hydrogen-bond donors (Lipinski definition) is 5. The van der Waals surface area contributed by atoms with E-state index in [9.17, 15) is 25.2 Å². The number of carbonyl (C=O) groups excluding carboxylic acids is 1. The Morgan fingerprint density at radius 1 is 0.600 bits per heavy atom. The number of hydrogen-bond acceptors (Lipinski definition) is 5. The summed E-state index contributed by atoms with van der Waals surface area (Å²) in [5, 5.41) is 42.7. The van der Waals surface area contributed by atoms with Gasteiger partial charge in [-0.25, -0.2) is 0 Å². The molecule has 0 fully saturated rings. The maximum atomic E-state index is 12.3. The lowest BCUT2D eigenvalue weighted by molar-refractivity contribution is -0.132. The zero-order valence-electron chi connectivity index (χ0n) is 23.1. The van der Waals surface area contributed by atoms with Crippen LogP contribution in [0.5, 0.6) is 0 Å². The van der Waals surface area contributed by atoms with E-state index in [-0.39, 0.29) is 0 Å². The van der Waals surface area contributed by atoms with Gasteiger partial charge in [-0.2, -0.15) is 0 Å². The van der Waals surface area contributed by atoms with Gasteiger partial charge in [0.2, 0.25) is 5.91 Å². The van der Waals surface area contributed by atoms with Crippen molar-refractivity contribution in [1.82, 2.24) is 5.32 Å². The summed E-state index contributed by atoms with van der Waals surface area (Å²) in [7, 11) is 0. The van der Waals surface area contributed by atoms with Crippen LogP contribution in [-0.4, -0.2) is 57.3 Å². The molecule has 0 aromatic heterocycles. The van der Waals surface area contributed by atoms with Crippen molar-refractivity contribution < 1.29 is 25.2 Å². The number of rotatable bonds is 26. The summed E-state index contributed by atoms with van der Waals surface area (Å²) in [4.78, 5) is 12.3. The Labute approximate surface area is 216 Å². The second-order valence-corrected chi connectivity index (χ2v) is 10.5. The molecule has 4 atom stereocenters. The molecule has 6 nitrogen and oxygen atoms in total. The molecule has 0 aliphatic rings. The monoisotopic (exact) mass is 501 g/mol. The van der Waals surface area contributed by atoms with Gasteiger partial charge < -0.3 is 25.7 Å². The van der Waals surface area contributed by atoms with E-state index in [1.54, 1.807) is 0 Å². The SMILES string of the molecule is CCCCCCCCCCCCCCCCC(O)C(=O)NC(CO)C(O)C(O)CCCCCCC. The molecule has 210 valence electrons. The summed E-state index contributed by atoms with van der Waals surface area (Å²) in [6, 6.07) is -0.973. The number of aliphatic hydroxyl groups is 4. The lowest BCUT2D eigenvalue weighted by atomic mass is 9.99. The first-order valence-corrected chi connectivity index (χ1v) is 14.9. The minimum Gasteiger partial charge on any atom is -0.394 e. The van der Waals surface area contributed by atoms with Gasteiger partial charge in [-0.05, 0) is 12.8 Å². The zero-order valence-corrected chi connectivity index (χ0v) is 23.1. The van der Waals surface area contributed by atoms with Gasteiger partial charge in [-0.15, -0.1) is 0 Å². The molecule has 0 bridgehead atoms. The highest BCUT2D eigenvalue weighted by Gasteiger charge is 2.28. The average Bonchev–Trinajstić information content (AvgIpc) is 2.86. The van der Waals surface area contributed by atoms with E-state index >= 15 is 0 Å². The van der Waals surface area contributed by atoms with Crippen molar-refractivity contribution in [2.24, 2.45) is 0 Å². The first-order valence-electron chi connectivity index (χ1n) is 14.9. The van der Waals surface area contributed by atoms with Crippen molar-refractivity contribution in [3.63, 3.8) is 0 Å². The van der Waals surface area contributed by atoms with Crippen LogP contribution < -0.4 is 5.32 Å². The number of nitrogens with one attached hydrogen (secondary N) is 1. The van der Waals surface area contributed by atoms with E-state index in [4.69, 9.17) is 0 Å². The molecule has 1 amide bonds. The molecule has 0 spiro atoms. The number of amides is 1. The fraction of sp³-hybridized carbons (Fsp3) is 0.966. The van der Waals surface area contributed by atoms with Crippen molar-refractivity contribution in [1.29, 1.82) is 0 Å². The van der Waals surface area contributed by atoms with E-state index in [1.165, 1.54) is 70.6 Å². The van der Waals surface area contributed by atoms with Gasteiger partial charge in [0.15, 0.2) is 0 Å². The van der Waals surface area contributed by atoms with Crippen LogP contribution in [0.3, 0.4) is 0 Å². The predicted octanol–water partition coefficient (Wildman–Crippen LogP) is 5.78. The van der Waals surface area contributed by atoms with E-state index in [0.29, 0.717) is 12.8 Å². The van der Waals surface area contributed by atoms with Gasteiger partial charge >= 0.3 is 0 Å². The molecule has 5 N–H and O–H groups in total. The molecule has 0 saturated carbocycles. The van der Waals surface area contributed by atoms with Gasteiger partial charge in [-0.1, -0.05) is 136 Å². The molecule has 0 aliphatic carbocycles. The average molecular weight is 502 g/mol. The Balaban J connectivity index is 3.81. The lowest BCUT2D eigenvalue weighted by Gasteiger charge is -2.27. The first-order chi connectivity index (χ1) is 17.0. The topological polar surface area (TPSA) is 110 Å². The van der Waals surface area contributed by atoms with Crippen LogP contribution in [0.1, 0.15) is 149 Å². The van der Waals surface area contributed by atoms with Crippen molar-refractivity contribution >= 4 is 5.91 Å². The molecular weight excluding hydrogens is 442 g/mol. The summed E-state index contributed by atoms with van der Waals surface area (Å²) in [5.41, 5.74) is 0. The molecule has 0 saturated heterocycles. The van der Waals surface area contributed by atoms with Gasteiger partial charge in [0.1, 0.15) is 12.2 Å². The number of aliphatic hydroxyl groups excluding tert-OH is 4. The first kappa shape index (κ1) is 34.3. The van der Waals surface area contributed by atoms with Crippen LogP contribution in [0.15, 0.2) is 0 Å². The Hall–Kier alpha value is -0.690. The standard InChI is InChI=1S/C29H59NO5/c1-3-5-7-9-10-11-12-13-14-15-16-17-19-21-23-27(33)29(35)30-25(24-31)28(34)26(32)22-20-18-8-6-4-2/h25-28,31-34H,3-24H2,1-2H3,(H,30,35). The molecule has 0 radical (unpaired) electrons. The minimum absolute atomic E-state index is 0.373. The summed E-state index contributed by atoms with van der Waals surface area (Å²) in [6.45, 7) is 3.91. The van der Waals surface area contributed by atoms with Gasteiger partial charge in [0, 0.05) is 0 Å². The zero-order chi connectivity index (χ0) is 26.2. The minimum atomic E-state index is -1.25. The Morgan fingerprint density at radius 3 is 1.37 bits per heavy atom. The third kappa shape index (κ3) is 20.1. The molecular formula is C29H59NO5. The summed E-state index contributed by atoms with van der Waals surface area (Å²) >= 11 is 0. The smallest absolute Gasteiger partial charge is 0.249 e. The maximum Gasteiger partial charge on any atom is 0.249 e. The molecule has 0 aromatic rings. The third-order valence-electron chi connectivity index (χ3n) is 7.07. The van der Waals surface area contributed by atoms with E-state index in [2.05, 4.69) is 19.2 Å². The summed E-state index contributed by atoms with van der Waals surface area (Å²) in [6.07, 6.45) is 20.1. The van der Waals surface area contributed by atoms with Gasteiger partial charge in [0.25, 0.3) is 0 Å². The quantitative estimate of drug-likeness (QED) is 0.0965. The van der Waals surface area contributed by atoms with Crippen LogP contribution in [0, 0.1) is 0 Å². The van der Waals surface area contributed by atoms with E-state index in [1.807, 2.05) is 0 Å². The van der Waals surface area contributed by atoms with Crippen molar-refractivity contribution in [3.8, 4) is 0 Å². The summed E-state index contributed by atoms with van der Waals surface area (Å²) in [5.74, 6) is -0.590. The number of carbonyl (C=O) groups is 1. The van der Waals surface area contributed by atoms with Gasteiger partial charge in [-0.3, -0.25) is 4.79 Å². The Bertz CT molecular complexity index is 462. The second-order valence-electron chi connectivity index (χ2n) is 10.5. The Morgan fingerprint density at radius 2 is 0.971 bits per heavy atom. The fourth-order valence-electron chi connectivity index (χ4n) is 4.58. The highest BCUT2D eigenvalue weighted by Crippen LogP contribution is 2.15. The molecule has 0 aromatic carbocycles. The number of unbranched alkanes of at least 4 members (excludes halogenated alkanes) is 17. The van der Waals surface area contributed by atoms with Gasteiger partial charge in [0.05, 0.1) is 18.8 Å². The van der Waals surface area contributed by atoms with Crippen molar-refractivity contribution in [2.75, 3.05) is 6.61 Å². The Kier molecular flexibility index (Phi) is 24.5. The largest absolute Gasteiger partial charge is 0.394 e. The molecule has 6 heteroatoms.